The molecule has 1 saturated carbocycles. The molecule has 0 heterocycles. The summed E-state index contributed by atoms with van der Waals surface area (Å²) in [6, 6.07) is 9.17. The van der Waals surface area contributed by atoms with E-state index in [-0.39, 0.29) is 0 Å². The minimum Gasteiger partial charge on any atom is -0.316 e. The molecule has 1 heteroatoms. The fourth-order valence-corrected chi connectivity index (χ4v) is 3.66. The Labute approximate surface area is 131 Å². The predicted molar refractivity (Wildman–Crippen MR) is 92.6 cm³/mol. The summed E-state index contributed by atoms with van der Waals surface area (Å²) in [6.07, 6.45) is 5.49. The van der Waals surface area contributed by atoms with Crippen LogP contribution in [0.4, 0.5) is 0 Å². The zero-order chi connectivity index (χ0) is 15.2. The molecule has 0 saturated heterocycles. The van der Waals surface area contributed by atoms with Crippen LogP contribution in [0.25, 0.3) is 0 Å². The van der Waals surface area contributed by atoms with Crippen molar-refractivity contribution in [3.05, 3.63) is 35.4 Å². The van der Waals surface area contributed by atoms with Crippen molar-refractivity contribution in [3.8, 4) is 0 Å². The van der Waals surface area contributed by atoms with Crippen molar-refractivity contribution in [1.82, 2.24) is 5.32 Å². The molecule has 1 fully saturated rings. The Hall–Kier alpha value is -0.820. The van der Waals surface area contributed by atoms with Crippen molar-refractivity contribution in [1.29, 1.82) is 0 Å². The molecule has 0 amide bonds. The number of benzene rings is 1. The fourth-order valence-electron chi connectivity index (χ4n) is 3.66. The Balaban J connectivity index is 1.92. The molecule has 118 valence electrons. The van der Waals surface area contributed by atoms with Crippen molar-refractivity contribution in [2.75, 3.05) is 13.1 Å². The Kier molecular flexibility index (Phi) is 6.29. The van der Waals surface area contributed by atoms with Gasteiger partial charge in [0.25, 0.3) is 0 Å². The van der Waals surface area contributed by atoms with Gasteiger partial charge in [-0.1, -0.05) is 57.0 Å². The first kappa shape index (κ1) is 16.5. The van der Waals surface area contributed by atoms with E-state index < -0.39 is 0 Å². The molecule has 1 aliphatic rings. The van der Waals surface area contributed by atoms with Gasteiger partial charge < -0.3 is 5.32 Å². The van der Waals surface area contributed by atoms with Crippen LogP contribution in [0.15, 0.2) is 24.3 Å². The zero-order valence-corrected chi connectivity index (χ0v) is 14.4. The predicted octanol–water partition coefficient (Wildman–Crippen LogP) is 4.84. The van der Waals surface area contributed by atoms with Crippen molar-refractivity contribution in [2.24, 2.45) is 23.7 Å². The first-order valence-corrected chi connectivity index (χ1v) is 8.81. The number of hydrogen-bond donors (Lipinski definition) is 1. The summed E-state index contributed by atoms with van der Waals surface area (Å²) in [7, 11) is 0. The molecule has 0 radical (unpaired) electrons. The topological polar surface area (TPSA) is 12.0 Å². The normalized spacial score (nSPS) is 26.2. The van der Waals surface area contributed by atoms with Gasteiger partial charge in [0.05, 0.1) is 0 Å². The van der Waals surface area contributed by atoms with Crippen LogP contribution in [0, 0.1) is 30.6 Å². The largest absolute Gasteiger partial charge is 0.316 e. The van der Waals surface area contributed by atoms with Crippen LogP contribution in [0.2, 0.25) is 0 Å². The standard InChI is InChI=1S/C20H33N/c1-15(2)13-21-14-19-10-7-17(4)11-20(19)12-18-8-5-16(3)6-9-18/h5-6,8-9,15,17,19-21H,7,10-14H2,1-4H3. The van der Waals surface area contributed by atoms with Crippen LogP contribution in [0.1, 0.15) is 51.2 Å². The summed E-state index contributed by atoms with van der Waals surface area (Å²) in [5, 5.41) is 3.69. The Morgan fingerprint density at radius 3 is 2.48 bits per heavy atom. The lowest BCUT2D eigenvalue weighted by Gasteiger charge is -2.35. The molecule has 1 aromatic rings. The summed E-state index contributed by atoms with van der Waals surface area (Å²) in [6.45, 7) is 11.6. The molecule has 0 bridgehead atoms. The quantitative estimate of drug-likeness (QED) is 0.789. The lowest BCUT2D eigenvalue weighted by atomic mass is 9.72. The van der Waals surface area contributed by atoms with Gasteiger partial charge >= 0.3 is 0 Å². The van der Waals surface area contributed by atoms with Gasteiger partial charge in [0.15, 0.2) is 0 Å². The Morgan fingerprint density at radius 2 is 1.81 bits per heavy atom. The maximum atomic E-state index is 3.69. The third kappa shape index (κ3) is 5.47. The van der Waals surface area contributed by atoms with E-state index in [1.165, 1.54) is 43.4 Å². The van der Waals surface area contributed by atoms with Crippen LogP contribution in [0.5, 0.6) is 0 Å². The average Bonchev–Trinajstić information content (AvgIpc) is 2.43. The number of aryl methyl sites for hydroxylation is 1. The van der Waals surface area contributed by atoms with Crippen molar-refractivity contribution < 1.29 is 0 Å². The fraction of sp³-hybridized carbons (Fsp3) is 0.700. The highest BCUT2D eigenvalue weighted by Gasteiger charge is 2.28. The molecule has 21 heavy (non-hydrogen) atoms. The van der Waals surface area contributed by atoms with E-state index in [1.807, 2.05) is 0 Å². The second-order valence-corrected chi connectivity index (χ2v) is 7.68. The molecule has 3 atom stereocenters. The van der Waals surface area contributed by atoms with Gasteiger partial charge in [-0.3, -0.25) is 0 Å². The Bertz CT molecular complexity index is 406. The molecule has 0 aliphatic heterocycles. The van der Waals surface area contributed by atoms with Gasteiger partial charge in [-0.2, -0.15) is 0 Å². The average molecular weight is 287 g/mol. The zero-order valence-electron chi connectivity index (χ0n) is 14.4. The molecule has 3 unspecified atom stereocenters. The summed E-state index contributed by atoms with van der Waals surface area (Å²) in [5.74, 6) is 3.38. The highest BCUT2D eigenvalue weighted by Crippen LogP contribution is 2.35. The summed E-state index contributed by atoms with van der Waals surface area (Å²) < 4.78 is 0. The van der Waals surface area contributed by atoms with E-state index in [9.17, 15) is 0 Å². The van der Waals surface area contributed by atoms with E-state index in [0.717, 1.165) is 30.2 Å². The van der Waals surface area contributed by atoms with Crippen molar-refractivity contribution in [3.63, 3.8) is 0 Å². The van der Waals surface area contributed by atoms with Gasteiger partial charge in [0.2, 0.25) is 0 Å². The highest BCUT2D eigenvalue weighted by molar-refractivity contribution is 5.21. The second kappa shape index (κ2) is 7.98. The van der Waals surface area contributed by atoms with E-state index in [0.29, 0.717) is 0 Å². The van der Waals surface area contributed by atoms with Crippen molar-refractivity contribution in [2.45, 2.75) is 53.4 Å². The molecule has 2 rings (SSSR count). The minimum absolute atomic E-state index is 0.753. The first-order chi connectivity index (χ1) is 10.0. The summed E-state index contributed by atoms with van der Waals surface area (Å²) in [5.41, 5.74) is 2.89. The van der Waals surface area contributed by atoms with Crippen LogP contribution >= 0.6 is 0 Å². The van der Waals surface area contributed by atoms with E-state index in [1.54, 1.807) is 0 Å². The number of hydrogen-bond acceptors (Lipinski definition) is 1. The smallest absolute Gasteiger partial charge is 0.00176 e. The third-order valence-electron chi connectivity index (χ3n) is 4.98. The number of rotatable bonds is 6. The maximum Gasteiger partial charge on any atom is -0.00176 e. The second-order valence-electron chi connectivity index (χ2n) is 7.68. The molecule has 1 aliphatic carbocycles. The molecular weight excluding hydrogens is 254 g/mol. The van der Waals surface area contributed by atoms with Gasteiger partial charge in [-0.15, -0.1) is 0 Å². The van der Waals surface area contributed by atoms with E-state index >= 15 is 0 Å². The first-order valence-electron chi connectivity index (χ1n) is 8.81. The van der Waals surface area contributed by atoms with Crippen LogP contribution in [-0.2, 0) is 6.42 Å². The third-order valence-corrected chi connectivity index (χ3v) is 4.98. The minimum atomic E-state index is 0.753. The molecule has 1 nitrogen and oxygen atoms in total. The molecule has 1 aromatic carbocycles. The molecule has 0 spiro atoms. The van der Waals surface area contributed by atoms with Gasteiger partial charge in [-0.05, 0) is 68.5 Å². The van der Waals surface area contributed by atoms with E-state index in [4.69, 9.17) is 0 Å². The lowest BCUT2D eigenvalue weighted by Crippen LogP contribution is -2.35. The van der Waals surface area contributed by atoms with E-state index in [2.05, 4.69) is 57.3 Å². The summed E-state index contributed by atoms with van der Waals surface area (Å²) in [4.78, 5) is 0. The SMILES string of the molecule is Cc1ccc(CC2CC(C)CCC2CNCC(C)C)cc1. The van der Waals surface area contributed by atoms with Gasteiger partial charge in [0.1, 0.15) is 0 Å². The monoisotopic (exact) mass is 287 g/mol. The van der Waals surface area contributed by atoms with Gasteiger partial charge in [-0.25, -0.2) is 0 Å². The van der Waals surface area contributed by atoms with Crippen LogP contribution in [-0.4, -0.2) is 13.1 Å². The molecule has 1 N–H and O–H groups in total. The Morgan fingerprint density at radius 1 is 1.10 bits per heavy atom. The lowest BCUT2D eigenvalue weighted by molar-refractivity contribution is 0.182. The van der Waals surface area contributed by atoms with Crippen molar-refractivity contribution >= 4 is 0 Å². The molecular formula is C20H33N. The van der Waals surface area contributed by atoms with Crippen LogP contribution < -0.4 is 5.32 Å². The van der Waals surface area contributed by atoms with Gasteiger partial charge in [0, 0.05) is 0 Å². The molecule has 0 aromatic heterocycles. The van der Waals surface area contributed by atoms with Crippen LogP contribution in [0.3, 0.4) is 0 Å². The number of nitrogens with one attached hydrogen (secondary N) is 1. The highest BCUT2D eigenvalue weighted by atomic mass is 14.9. The summed E-state index contributed by atoms with van der Waals surface area (Å²) >= 11 is 0. The maximum absolute atomic E-state index is 3.69.